The molecular formula is C16H21NO2. The van der Waals surface area contributed by atoms with Gasteiger partial charge in [-0.15, -0.1) is 0 Å². The highest BCUT2D eigenvalue weighted by Crippen LogP contribution is 2.38. The summed E-state index contributed by atoms with van der Waals surface area (Å²) in [6.07, 6.45) is 4.33. The number of methoxy groups -OCH3 is 1. The van der Waals surface area contributed by atoms with E-state index in [4.69, 9.17) is 4.74 Å². The summed E-state index contributed by atoms with van der Waals surface area (Å²) in [6, 6.07) is 11.4. The maximum atomic E-state index is 12.0. The molecule has 3 nitrogen and oxygen atoms in total. The smallest absolute Gasteiger partial charge is 0.310 e. The molecule has 0 amide bonds. The van der Waals surface area contributed by atoms with Crippen LogP contribution in [0.1, 0.15) is 37.2 Å². The van der Waals surface area contributed by atoms with Crippen LogP contribution in [0.25, 0.3) is 0 Å². The molecule has 0 saturated carbocycles. The number of esters is 1. The molecule has 0 radical (unpaired) electrons. The summed E-state index contributed by atoms with van der Waals surface area (Å²) in [5.41, 5.74) is 1.35. The van der Waals surface area contributed by atoms with Gasteiger partial charge in [0.2, 0.25) is 0 Å². The standard InChI is InChI=1S/C16H21NO2/c1-19-16(18)14-10-12(11-5-3-2-4-6-11)9-13-7-8-15(14)17-13/h2-6,12-15,17H,7-10H2,1H3. The molecule has 2 bridgehead atoms. The fraction of sp³-hybridized carbons (Fsp3) is 0.562. The third-order valence-electron chi connectivity index (χ3n) is 4.64. The third kappa shape index (κ3) is 2.52. The van der Waals surface area contributed by atoms with Gasteiger partial charge in [-0.05, 0) is 37.2 Å². The van der Waals surface area contributed by atoms with Crippen molar-refractivity contribution in [2.45, 2.75) is 43.7 Å². The highest BCUT2D eigenvalue weighted by Gasteiger charge is 2.40. The molecule has 19 heavy (non-hydrogen) atoms. The monoisotopic (exact) mass is 259 g/mol. The number of carbonyl (C=O) groups is 1. The molecule has 1 aromatic carbocycles. The van der Waals surface area contributed by atoms with Crippen molar-refractivity contribution in [2.24, 2.45) is 5.92 Å². The molecule has 1 N–H and O–H groups in total. The SMILES string of the molecule is COC(=O)C1CC(c2ccccc2)CC2CCC1N2. The fourth-order valence-electron chi connectivity index (χ4n) is 3.67. The lowest BCUT2D eigenvalue weighted by Gasteiger charge is -2.24. The molecule has 1 aromatic rings. The van der Waals surface area contributed by atoms with Crippen molar-refractivity contribution in [3.8, 4) is 0 Å². The molecule has 0 aromatic heterocycles. The van der Waals surface area contributed by atoms with Gasteiger partial charge in [-0.25, -0.2) is 0 Å². The molecule has 2 aliphatic heterocycles. The lowest BCUT2D eigenvalue weighted by atomic mass is 9.80. The van der Waals surface area contributed by atoms with E-state index in [1.54, 1.807) is 0 Å². The normalized spacial score (nSPS) is 33.7. The van der Waals surface area contributed by atoms with Gasteiger partial charge < -0.3 is 10.1 Å². The Bertz CT molecular complexity index is 445. The van der Waals surface area contributed by atoms with Gasteiger partial charge in [0.15, 0.2) is 0 Å². The van der Waals surface area contributed by atoms with Crippen LogP contribution in [0.2, 0.25) is 0 Å². The Morgan fingerprint density at radius 3 is 2.74 bits per heavy atom. The van der Waals surface area contributed by atoms with Crippen LogP contribution in [0.3, 0.4) is 0 Å². The highest BCUT2D eigenvalue weighted by atomic mass is 16.5. The topological polar surface area (TPSA) is 38.3 Å². The minimum Gasteiger partial charge on any atom is -0.469 e. The molecular weight excluding hydrogens is 238 g/mol. The number of rotatable bonds is 2. The van der Waals surface area contributed by atoms with E-state index in [9.17, 15) is 4.79 Å². The van der Waals surface area contributed by atoms with Gasteiger partial charge >= 0.3 is 5.97 Å². The second kappa shape index (κ2) is 5.33. The van der Waals surface area contributed by atoms with Crippen LogP contribution in [0.15, 0.2) is 30.3 Å². The quantitative estimate of drug-likeness (QED) is 0.829. The highest BCUT2D eigenvalue weighted by molar-refractivity contribution is 5.73. The maximum absolute atomic E-state index is 12.0. The predicted octanol–water partition coefficient (Wildman–Crippen LogP) is 2.47. The van der Waals surface area contributed by atoms with Crippen LogP contribution in [-0.4, -0.2) is 25.2 Å². The molecule has 102 valence electrons. The summed E-state index contributed by atoms with van der Waals surface area (Å²) >= 11 is 0. The summed E-state index contributed by atoms with van der Waals surface area (Å²) < 4.78 is 5.00. The van der Waals surface area contributed by atoms with E-state index in [1.807, 2.05) is 6.07 Å². The zero-order valence-electron chi connectivity index (χ0n) is 11.3. The third-order valence-corrected chi connectivity index (χ3v) is 4.64. The maximum Gasteiger partial charge on any atom is 0.310 e. The van der Waals surface area contributed by atoms with Crippen LogP contribution in [-0.2, 0) is 9.53 Å². The van der Waals surface area contributed by atoms with Gasteiger partial charge in [-0.2, -0.15) is 0 Å². The van der Waals surface area contributed by atoms with Gasteiger partial charge in [0.1, 0.15) is 0 Å². The molecule has 2 aliphatic rings. The first-order chi connectivity index (χ1) is 9.28. The fourth-order valence-corrected chi connectivity index (χ4v) is 3.67. The lowest BCUT2D eigenvalue weighted by Crippen LogP contribution is -2.37. The minimum absolute atomic E-state index is 0.00251. The second-order valence-corrected chi connectivity index (χ2v) is 5.76. The Labute approximate surface area is 114 Å². The number of benzene rings is 1. The Morgan fingerprint density at radius 2 is 2.00 bits per heavy atom. The molecule has 0 spiro atoms. The van der Waals surface area contributed by atoms with Gasteiger partial charge in [0, 0.05) is 12.1 Å². The van der Waals surface area contributed by atoms with E-state index < -0.39 is 0 Å². The number of fused-ring (bicyclic) bond motifs is 2. The number of hydrogen-bond acceptors (Lipinski definition) is 3. The number of nitrogens with one attached hydrogen (secondary N) is 1. The van der Waals surface area contributed by atoms with E-state index >= 15 is 0 Å². The largest absolute Gasteiger partial charge is 0.469 e. The average molecular weight is 259 g/mol. The Kier molecular flexibility index (Phi) is 3.56. The molecule has 4 atom stereocenters. The molecule has 3 rings (SSSR count). The Morgan fingerprint density at radius 1 is 1.21 bits per heavy atom. The van der Waals surface area contributed by atoms with Crippen molar-refractivity contribution in [3.63, 3.8) is 0 Å². The summed E-state index contributed by atoms with van der Waals surface area (Å²) in [4.78, 5) is 12.0. The van der Waals surface area contributed by atoms with Crippen LogP contribution in [0.4, 0.5) is 0 Å². The molecule has 2 heterocycles. The van der Waals surface area contributed by atoms with Crippen molar-refractivity contribution in [2.75, 3.05) is 7.11 Å². The van der Waals surface area contributed by atoms with Crippen molar-refractivity contribution >= 4 is 5.97 Å². The van der Waals surface area contributed by atoms with Crippen molar-refractivity contribution in [1.29, 1.82) is 0 Å². The van der Waals surface area contributed by atoms with Gasteiger partial charge in [0.25, 0.3) is 0 Å². The Balaban J connectivity index is 1.85. The van der Waals surface area contributed by atoms with E-state index in [1.165, 1.54) is 19.1 Å². The van der Waals surface area contributed by atoms with E-state index in [2.05, 4.69) is 29.6 Å². The van der Waals surface area contributed by atoms with Crippen molar-refractivity contribution in [3.05, 3.63) is 35.9 Å². The minimum atomic E-state index is -0.0546. The Hall–Kier alpha value is -1.35. The first kappa shape index (κ1) is 12.7. The van der Waals surface area contributed by atoms with E-state index in [-0.39, 0.29) is 11.9 Å². The lowest BCUT2D eigenvalue weighted by molar-refractivity contribution is -0.146. The zero-order valence-corrected chi connectivity index (χ0v) is 11.3. The van der Waals surface area contributed by atoms with E-state index in [0.717, 1.165) is 19.3 Å². The van der Waals surface area contributed by atoms with Crippen LogP contribution in [0.5, 0.6) is 0 Å². The molecule has 2 saturated heterocycles. The number of carbonyl (C=O) groups excluding carboxylic acids is 1. The summed E-state index contributed by atoms with van der Waals surface area (Å²) in [5, 5.41) is 3.62. The summed E-state index contributed by atoms with van der Waals surface area (Å²) in [7, 11) is 1.50. The summed E-state index contributed by atoms with van der Waals surface area (Å²) in [5.74, 6) is 0.414. The van der Waals surface area contributed by atoms with Gasteiger partial charge in [-0.3, -0.25) is 4.79 Å². The van der Waals surface area contributed by atoms with Crippen LogP contribution < -0.4 is 5.32 Å². The zero-order chi connectivity index (χ0) is 13.2. The van der Waals surface area contributed by atoms with Gasteiger partial charge in [0.05, 0.1) is 13.0 Å². The predicted molar refractivity (Wildman–Crippen MR) is 73.9 cm³/mol. The van der Waals surface area contributed by atoms with Crippen molar-refractivity contribution < 1.29 is 9.53 Å². The first-order valence-corrected chi connectivity index (χ1v) is 7.16. The van der Waals surface area contributed by atoms with Crippen LogP contribution in [0, 0.1) is 5.92 Å². The molecule has 4 unspecified atom stereocenters. The summed E-state index contributed by atoms with van der Waals surface area (Å²) in [6.45, 7) is 0. The first-order valence-electron chi connectivity index (χ1n) is 7.16. The molecule has 3 heteroatoms. The van der Waals surface area contributed by atoms with E-state index in [0.29, 0.717) is 18.0 Å². The number of ether oxygens (including phenoxy) is 1. The van der Waals surface area contributed by atoms with Gasteiger partial charge in [-0.1, -0.05) is 30.3 Å². The second-order valence-electron chi connectivity index (χ2n) is 5.76. The van der Waals surface area contributed by atoms with Crippen LogP contribution >= 0.6 is 0 Å². The molecule has 0 aliphatic carbocycles. The number of hydrogen-bond donors (Lipinski definition) is 1. The average Bonchev–Trinajstić information content (AvgIpc) is 2.81. The van der Waals surface area contributed by atoms with Crippen molar-refractivity contribution in [1.82, 2.24) is 5.32 Å². The molecule has 2 fully saturated rings.